The maximum absolute atomic E-state index is 15.5. The van der Waals surface area contributed by atoms with Gasteiger partial charge >= 0.3 is 5.97 Å². The zero-order chi connectivity index (χ0) is 101. The Morgan fingerprint density at radius 3 is 1.50 bits per heavy atom. The average Bonchev–Trinajstić information content (AvgIpc) is 1.68. The first-order valence-corrected chi connectivity index (χ1v) is 51.5. The summed E-state index contributed by atoms with van der Waals surface area (Å²) in [6.07, 6.45) is 3.45. The highest BCUT2D eigenvalue weighted by Crippen LogP contribution is 2.34. The molecule has 762 valence electrons. The number of fused-ring (bicyclic) bond motifs is 4. The number of H-pyrrole nitrogens is 2. The molecule has 19 N–H and O–H groups in total. The van der Waals surface area contributed by atoms with E-state index in [1.165, 1.54) is 70.1 Å². The van der Waals surface area contributed by atoms with Crippen molar-refractivity contribution in [2.24, 2.45) is 29.2 Å². The number of piperidine rings is 3. The van der Waals surface area contributed by atoms with Crippen LogP contribution in [0, 0.1) is 17.8 Å². The number of aliphatic carboxylic acids is 1. The van der Waals surface area contributed by atoms with E-state index in [0.29, 0.717) is 117 Å². The van der Waals surface area contributed by atoms with Gasteiger partial charge in [-0.05, 0) is 107 Å². The number of nitrogens with zero attached hydrogens (tertiary/aromatic N) is 6. The Morgan fingerprint density at radius 1 is 0.518 bits per heavy atom. The van der Waals surface area contributed by atoms with Crippen LogP contribution in [0.1, 0.15) is 156 Å². The average molecular weight is 1990 g/mol. The zero-order valence-electron chi connectivity index (χ0n) is 80.2. The lowest BCUT2D eigenvalue weighted by Crippen LogP contribution is -2.61. The molecule has 0 saturated carbocycles. The summed E-state index contributed by atoms with van der Waals surface area (Å²) in [6, 6.07) is -2.37. The van der Waals surface area contributed by atoms with Gasteiger partial charge in [-0.25, -0.2) is 0 Å². The monoisotopic (exact) mass is 1990 g/mol. The zero-order valence-corrected chi connectivity index (χ0v) is 82.7. The van der Waals surface area contributed by atoms with Crippen LogP contribution in [-0.4, -0.2) is 359 Å². The minimum absolute atomic E-state index is 0.0150. The molecule has 14 rings (SSSR count). The fourth-order valence-electron chi connectivity index (χ4n) is 18.5. The number of aliphatic hydroxyl groups is 1. The van der Waals surface area contributed by atoms with Gasteiger partial charge in [0, 0.05) is 191 Å². The van der Waals surface area contributed by atoms with Gasteiger partial charge in [0.2, 0.25) is 100 Å². The Kier molecular flexibility index (Phi) is 41.6. The molecule has 2 aromatic carbocycles. The topological polar surface area (TPSA) is 600 Å². The second-order valence-corrected chi connectivity index (χ2v) is 40.7. The first-order chi connectivity index (χ1) is 66.3. The number of nitrogens with one attached hydrogen (secondary N) is 13. The lowest BCUT2D eigenvalue weighted by Gasteiger charge is -2.50. The molecule has 14 atom stereocenters. The van der Waals surface area contributed by atoms with Gasteiger partial charge in [0.1, 0.15) is 60.4 Å². The predicted molar refractivity (Wildman–Crippen MR) is 521 cm³/mol. The molecule has 10 aliphatic heterocycles. The minimum atomic E-state index is -1.95. The number of hydrogen-bond acceptors (Lipinski definition) is 25. The summed E-state index contributed by atoms with van der Waals surface area (Å²) in [5.41, 5.74) is 13.8. The lowest BCUT2D eigenvalue weighted by molar-refractivity contribution is -0.143. The number of thioether (sulfide) groups is 3. The molecular formula is C94H137N21O21S3. The third-order valence-corrected chi connectivity index (χ3v) is 29.7. The number of para-hydroxylation sites is 2. The molecule has 10 saturated heterocycles. The fraction of sp³-hybridized carbons (Fsp3) is 0.628. The summed E-state index contributed by atoms with van der Waals surface area (Å²) in [4.78, 5) is 288. The van der Waals surface area contributed by atoms with Gasteiger partial charge in [0.25, 0.3) is 0 Å². The van der Waals surface area contributed by atoms with Crippen LogP contribution < -0.4 is 70.0 Å². The van der Waals surface area contributed by atoms with E-state index in [9.17, 15) is 86.9 Å². The Morgan fingerprint density at radius 2 is 0.993 bits per heavy atom. The second-order valence-electron chi connectivity index (χ2n) is 37.3. The van der Waals surface area contributed by atoms with Gasteiger partial charge in [-0.2, -0.15) is 35.3 Å². The van der Waals surface area contributed by atoms with Gasteiger partial charge in [-0.15, -0.1) is 0 Å². The van der Waals surface area contributed by atoms with Crippen molar-refractivity contribution < 1.29 is 101 Å². The van der Waals surface area contributed by atoms with Crippen LogP contribution in [0.25, 0.3) is 21.8 Å². The third kappa shape index (κ3) is 31.0. The van der Waals surface area contributed by atoms with Crippen LogP contribution in [0.5, 0.6) is 0 Å². The highest BCUT2D eigenvalue weighted by Gasteiger charge is 2.45. The molecule has 0 aliphatic carbocycles. The number of ketones is 1. The molecule has 8 bridgehead atoms. The van der Waals surface area contributed by atoms with E-state index in [4.69, 9.17) is 11.5 Å². The quantitative estimate of drug-likeness (QED) is 0.0509. The largest absolute Gasteiger partial charge is 0.481 e. The Hall–Kier alpha value is -11.4. The van der Waals surface area contributed by atoms with E-state index < -0.39 is 211 Å². The van der Waals surface area contributed by atoms with Crippen LogP contribution in [0.4, 0.5) is 0 Å². The van der Waals surface area contributed by atoms with Gasteiger partial charge in [0.15, 0.2) is 5.78 Å². The SMILES string of the molecule is CC[C@@H]1NC(=O)[C@H]([C@@H](C)O)NC(=O)[C@@H](CC(=O)[C@H](C)NC(=O)CN(C)C(=O)CCN)CSCCC(=O)N2CCC(CC2)N2C3CCN(CC3)C(=O)CCSC[C@@H](C(N)=O)NC(=O)[C@@H]3CCCN3C(=O)[C@H](C(C)C)NC(=O)[C@H](Cc3c[nH]c4ccccc34)NC(=O)CNC(=O)[C@H](CC(=O)O)NC(=O)[C@H](C(C)C)NC(=O)[C@H](Cc3c[nH]c4ccccc34)NC(=O)[C@H](CSCCC(=O)N3CCC2CC3)NC1=O. The molecule has 139 heavy (non-hydrogen) atoms. The van der Waals surface area contributed by atoms with E-state index in [0.717, 1.165) is 16.7 Å². The maximum Gasteiger partial charge on any atom is 0.305 e. The number of carboxylic acid groups (broad SMARTS) is 1. The van der Waals surface area contributed by atoms with E-state index in [2.05, 4.69) is 73.4 Å². The summed E-state index contributed by atoms with van der Waals surface area (Å²) in [7, 11) is 1.40. The number of nitrogens with two attached hydrogens (primary N) is 2. The Bertz CT molecular complexity index is 5050. The number of amides is 17. The number of aromatic nitrogens is 2. The number of carbonyl (C=O) groups is 19. The van der Waals surface area contributed by atoms with E-state index in [1.807, 2.05) is 4.90 Å². The Balaban J connectivity index is 0.971. The number of aromatic amines is 2. The third-order valence-electron chi connectivity index (χ3n) is 26.5. The van der Waals surface area contributed by atoms with Gasteiger partial charge in [-0.1, -0.05) is 71.0 Å². The van der Waals surface area contributed by atoms with Crippen LogP contribution in [0.2, 0.25) is 0 Å². The summed E-state index contributed by atoms with van der Waals surface area (Å²) < 4.78 is 0. The molecule has 2 aromatic heterocycles. The second kappa shape index (κ2) is 52.7. The summed E-state index contributed by atoms with van der Waals surface area (Å²) in [5, 5.41) is 51.8. The number of primary amides is 1. The van der Waals surface area contributed by atoms with Crippen molar-refractivity contribution in [2.45, 2.75) is 248 Å². The molecule has 0 spiro atoms. The molecule has 4 aromatic rings. The van der Waals surface area contributed by atoms with Crippen molar-refractivity contribution in [2.75, 3.05) is 107 Å². The van der Waals surface area contributed by atoms with Gasteiger partial charge in [-0.3, -0.25) is 96.0 Å². The molecule has 42 nitrogen and oxygen atoms in total. The number of carbonyl (C=O) groups excluding carboxylic acids is 18. The summed E-state index contributed by atoms with van der Waals surface area (Å²) in [6.45, 7) is 11.7. The number of benzene rings is 2. The minimum Gasteiger partial charge on any atom is -0.481 e. The summed E-state index contributed by atoms with van der Waals surface area (Å²) in [5.74, 6) is -17.6. The van der Waals surface area contributed by atoms with Crippen molar-refractivity contribution in [1.29, 1.82) is 0 Å². The van der Waals surface area contributed by atoms with Crippen LogP contribution in [-0.2, 0) is 104 Å². The molecule has 0 radical (unpaired) electrons. The van der Waals surface area contributed by atoms with Crippen molar-refractivity contribution in [3.8, 4) is 0 Å². The highest BCUT2D eigenvalue weighted by molar-refractivity contribution is 7.99. The number of rotatable bonds is 19. The smallest absolute Gasteiger partial charge is 0.305 e. The lowest BCUT2D eigenvalue weighted by atomic mass is 9.90. The maximum atomic E-state index is 15.5. The number of Topliss-reactive ketones (excluding diaryl/α,β-unsaturated/α-hetero) is 1. The van der Waals surface area contributed by atoms with Crippen LogP contribution in [0.15, 0.2) is 60.9 Å². The standard InChI is InChI=1S/C94H137N21O21S3/c1-9-64-87(129)106-71-51-139-40-29-79(123)113-36-25-61(26-37-113)115(59-21-32-111(33-22-59)77(121)27-38-137-49-58(85(127)109-83(55(7)116)93(135)102-64)43-73(117)54(6)100-75(119)48-110(8)76(120)20-30-95)60-23-34-112(35-24-60)78(122)28-39-138-50-70(84(96)126)105-91(133)72-19-14-31-114(72)94(136)82(53(4)5)108-88(130)67(41-56-45-97-65-17-12-10-15-62(56)65)101-74(118)47-99-86(128)69(44-80(124)125)104-92(134)81(52(2)3)107-89(131)68(103-90(71)132)42-57-46-98-66-18-13-11-16-63(57)66/h10-13,15-18,45-46,52-55,58-61,64,67-72,81-83,97-98,116H,9,14,19-44,47-51,95H2,1-8H3,(H2,96,126)(H,99,128)(H,100,119)(H,101,118)(H,102,135)(H,103,132)(H,104,134)(H,105,133)(H,106,129)(H,107,131)(H,108,130)(H,109,127)(H,124,125)/t54-,55+,58-,64-,67-,68-,69-,70-,71-,72-,81-,82-,83-/m0/s1. The molecule has 45 heteroatoms. The van der Waals surface area contributed by atoms with Crippen molar-refractivity contribution in [3.63, 3.8) is 0 Å². The normalized spacial score (nSPS) is 27.0. The van der Waals surface area contributed by atoms with E-state index in [1.54, 1.807) is 84.6 Å². The molecule has 1 unspecified atom stereocenters. The van der Waals surface area contributed by atoms with Crippen molar-refractivity contribution >= 4 is 169 Å². The van der Waals surface area contributed by atoms with E-state index in [-0.39, 0.29) is 135 Å². The molecule has 17 amide bonds. The molecule has 10 aliphatic rings. The van der Waals surface area contributed by atoms with Crippen LogP contribution in [0.3, 0.4) is 0 Å². The molecule has 10 fully saturated rings. The number of likely N-dealkylation sites (N-methyl/N-ethyl adjacent to an activating group) is 1. The van der Waals surface area contributed by atoms with Crippen LogP contribution >= 0.6 is 35.3 Å². The number of aliphatic hydroxyl groups excluding tert-OH is 1. The number of hydrogen-bond donors (Lipinski definition) is 17. The van der Waals surface area contributed by atoms with Gasteiger partial charge < -0.3 is 115 Å². The predicted octanol–water partition coefficient (Wildman–Crippen LogP) is -1.47. The highest BCUT2D eigenvalue weighted by atomic mass is 32.2. The molecule has 12 heterocycles. The van der Waals surface area contributed by atoms with Gasteiger partial charge in [0.05, 0.1) is 37.6 Å². The van der Waals surface area contributed by atoms with E-state index >= 15 is 14.4 Å². The van der Waals surface area contributed by atoms with Crippen molar-refractivity contribution in [3.05, 3.63) is 72.1 Å². The first kappa shape index (κ1) is 110. The number of carboxylic acids is 1. The van der Waals surface area contributed by atoms with Crippen molar-refractivity contribution in [1.82, 2.24) is 97.9 Å². The Labute approximate surface area is 820 Å². The summed E-state index contributed by atoms with van der Waals surface area (Å²) >= 11 is 3.53. The first-order valence-electron chi connectivity index (χ1n) is 48.0. The molecular weight excluding hydrogens is 1860 g/mol. The fourth-order valence-corrected chi connectivity index (χ4v) is 21.5.